The number of halogens is 2. The molecular weight excluding hydrogens is 433 g/mol. The van der Waals surface area contributed by atoms with Gasteiger partial charge in [0.25, 0.3) is 5.91 Å². The Hall–Kier alpha value is -3.06. The van der Waals surface area contributed by atoms with E-state index in [4.69, 9.17) is 21.1 Å². The molecule has 0 aliphatic rings. The van der Waals surface area contributed by atoms with Crippen molar-refractivity contribution in [1.29, 1.82) is 0 Å². The largest absolute Gasteiger partial charge is 0.490 e. The van der Waals surface area contributed by atoms with Gasteiger partial charge in [0.05, 0.1) is 37.1 Å². The molecule has 1 heterocycles. The first-order valence-electron chi connectivity index (χ1n) is 10.5. The number of nitrogens with zero attached hydrogens (tertiary/aromatic N) is 2. The van der Waals surface area contributed by atoms with Crippen LogP contribution in [0.15, 0.2) is 42.5 Å². The molecule has 170 valence electrons. The van der Waals surface area contributed by atoms with Gasteiger partial charge < -0.3 is 14.8 Å². The van der Waals surface area contributed by atoms with Gasteiger partial charge in [0.15, 0.2) is 11.5 Å². The van der Waals surface area contributed by atoms with Crippen LogP contribution in [-0.2, 0) is 6.54 Å². The molecule has 8 heteroatoms. The van der Waals surface area contributed by atoms with Gasteiger partial charge >= 0.3 is 0 Å². The van der Waals surface area contributed by atoms with Crippen LogP contribution in [0.25, 0.3) is 0 Å². The molecule has 0 saturated heterocycles. The van der Waals surface area contributed by atoms with Crippen molar-refractivity contribution in [2.24, 2.45) is 0 Å². The van der Waals surface area contributed by atoms with Gasteiger partial charge in [-0.05, 0) is 63.1 Å². The summed E-state index contributed by atoms with van der Waals surface area (Å²) in [5.74, 6) is 0.663. The highest BCUT2D eigenvalue weighted by molar-refractivity contribution is 6.33. The fourth-order valence-corrected chi connectivity index (χ4v) is 3.69. The highest BCUT2D eigenvalue weighted by Gasteiger charge is 2.22. The second-order valence-corrected chi connectivity index (χ2v) is 7.66. The predicted octanol–water partition coefficient (Wildman–Crippen LogP) is 5.32. The first kappa shape index (κ1) is 23.6. The predicted molar refractivity (Wildman–Crippen MR) is 122 cm³/mol. The van der Waals surface area contributed by atoms with Crippen LogP contribution in [0.4, 0.5) is 4.39 Å². The molecule has 0 radical (unpaired) electrons. The normalized spacial score (nSPS) is 11.8. The summed E-state index contributed by atoms with van der Waals surface area (Å²) in [6.07, 6.45) is 0. The van der Waals surface area contributed by atoms with Crippen LogP contribution < -0.4 is 14.8 Å². The van der Waals surface area contributed by atoms with Crippen LogP contribution in [0.1, 0.15) is 54.0 Å². The number of nitrogens with one attached hydrogen (secondary N) is 1. The number of carbonyl (C=O) groups is 1. The van der Waals surface area contributed by atoms with Crippen LogP contribution in [0, 0.1) is 12.7 Å². The Morgan fingerprint density at radius 1 is 1.12 bits per heavy atom. The lowest BCUT2D eigenvalue weighted by atomic mass is 10.1. The van der Waals surface area contributed by atoms with Crippen molar-refractivity contribution >= 4 is 17.5 Å². The summed E-state index contributed by atoms with van der Waals surface area (Å²) < 4.78 is 26.0. The van der Waals surface area contributed by atoms with Gasteiger partial charge in [-0.15, -0.1) is 0 Å². The Morgan fingerprint density at radius 2 is 1.78 bits per heavy atom. The molecule has 0 fully saturated rings. The fourth-order valence-electron chi connectivity index (χ4n) is 3.37. The summed E-state index contributed by atoms with van der Waals surface area (Å²) in [5.41, 5.74) is 2.53. The molecule has 0 aliphatic carbocycles. The number of ether oxygens (including phenoxy) is 2. The Morgan fingerprint density at radius 3 is 2.44 bits per heavy atom. The zero-order chi connectivity index (χ0) is 23.3. The first-order valence-corrected chi connectivity index (χ1v) is 10.9. The van der Waals surface area contributed by atoms with Crippen LogP contribution in [0.5, 0.6) is 11.5 Å². The van der Waals surface area contributed by atoms with Crippen LogP contribution in [-0.4, -0.2) is 28.9 Å². The van der Waals surface area contributed by atoms with E-state index in [1.165, 1.54) is 16.8 Å². The van der Waals surface area contributed by atoms with Crippen molar-refractivity contribution in [3.8, 4) is 11.5 Å². The highest BCUT2D eigenvalue weighted by atomic mass is 35.5. The second kappa shape index (κ2) is 10.5. The van der Waals surface area contributed by atoms with Crippen molar-refractivity contribution in [1.82, 2.24) is 15.1 Å². The van der Waals surface area contributed by atoms with Gasteiger partial charge in [-0.25, -0.2) is 9.07 Å². The van der Waals surface area contributed by atoms with Crippen molar-refractivity contribution in [3.63, 3.8) is 0 Å². The van der Waals surface area contributed by atoms with Crippen molar-refractivity contribution in [3.05, 3.63) is 75.8 Å². The fraction of sp³-hybridized carbons (Fsp3) is 0.333. The van der Waals surface area contributed by atoms with E-state index in [-0.39, 0.29) is 22.9 Å². The van der Waals surface area contributed by atoms with Crippen molar-refractivity contribution in [2.75, 3.05) is 13.2 Å². The maximum Gasteiger partial charge on any atom is 0.256 e. The van der Waals surface area contributed by atoms with Gasteiger partial charge in [0.2, 0.25) is 0 Å². The smallest absolute Gasteiger partial charge is 0.256 e. The lowest BCUT2D eigenvalue weighted by Crippen LogP contribution is -2.27. The first-order chi connectivity index (χ1) is 15.3. The van der Waals surface area contributed by atoms with Gasteiger partial charge in [0, 0.05) is 0 Å². The lowest BCUT2D eigenvalue weighted by Gasteiger charge is -2.17. The third-order valence-corrected chi connectivity index (χ3v) is 5.34. The van der Waals surface area contributed by atoms with Crippen LogP contribution in [0.2, 0.25) is 5.15 Å². The zero-order valence-corrected chi connectivity index (χ0v) is 19.4. The molecule has 1 aromatic heterocycles. The molecule has 3 aromatic rings. The SMILES string of the molecule is CCOc1ccc(C(C)NC(=O)c2c(C)nn(Cc3ccc(F)cc3)c2Cl)cc1OCC. The molecule has 0 bridgehead atoms. The van der Waals surface area contributed by atoms with Crippen molar-refractivity contribution < 1.29 is 18.7 Å². The van der Waals surface area contributed by atoms with E-state index in [0.29, 0.717) is 42.5 Å². The molecular formula is C24H27ClFN3O3. The molecule has 2 aromatic carbocycles. The molecule has 0 aliphatic heterocycles. The Bertz CT molecular complexity index is 1080. The molecule has 32 heavy (non-hydrogen) atoms. The van der Waals surface area contributed by atoms with Gasteiger partial charge in [-0.2, -0.15) is 5.10 Å². The molecule has 1 atom stereocenters. The molecule has 1 N–H and O–H groups in total. The molecule has 0 saturated carbocycles. The van der Waals surface area contributed by atoms with Gasteiger partial charge in [-0.3, -0.25) is 4.79 Å². The Labute approximate surface area is 192 Å². The summed E-state index contributed by atoms with van der Waals surface area (Å²) in [6.45, 7) is 8.81. The summed E-state index contributed by atoms with van der Waals surface area (Å²) in [5, 5.41) is 7.60. The standard InChI is InChI=1S/C24H27ClFN3O3/c1-5-31-20-12-9-18(13-21(20)32-6-2)15(3)27-24(30)22-16(4)28-29(23(22)25)14-17-7-10-19(26)11-8-17/h7-13,15H,5-6,14H2,1-4H3,(H,27,30). The number of rotatable bonds is 9. The molecule has 0 spiro atoms. The van der Waals surface area contributed by atoms with Crippen molar-refractivity contribution in [2.45, 2.75) is 40.3 Å². The Balaban J connectivity index is 1.77. The summed E-state index contributed by atoms with van der Waals surface area (Å²) in [6, 6.07) is 11.4. The van der Waals surface area contributed by atoms with Crippen LogP contribution in [0.3, 0.4) is 0 Å². The van der Waals surface area contributed by atoms with E-state index >= 15 is 0 Å². The van der Waals surface area contributed by atoms with E-state index in [1.54, 1.807) is 19.1 Å². The second-order valence-electron chi connectivity index (χ2n) is 7.30. The number of amides is 1. The minimum atomic E-state index is -0.322. The van der Waals surface area contributed by atoms with Gasteiger partial charge in [-0.1, -0.05) is 29.8 Å². The topological polar surface area (TPSA) is 65.4 Å². The number of aryl methyl sites for hydroxylation is 1. The number of aromatic nitrogens is 2. The summed E-state index contributed by atoms with van der Waals surface area (Å²) in [4.78, 5) is 13.0. The number of benzene rings is 2. The quantitative estimate of drug-likeness (QED) is 0.470. The average Bonchev–Trinajstić information content (AvgIpc) is 3.04. The van der Waals surface area contributed by atoms with Gasteiger partial charge in [0.1, 0.15) is 11.0 Å². The molecule has 3 rings (SSSR count). The summed E-state index contributed by atoms with van der Waals surface area (Å²) in [7, 11) is 0. The highest BCUT2D eigenvalue weighted by Crippen LogP contribution is 2.31. The molecule has 1 unspecified atom stereocenters. The maximum absolute atomic E-state index is 13.2. The minimum Gasteiger partial charge on any atom is -0.490 e. The Kier molecular flexibility index (Phi) is 7.75. The van der Waals surface area contributed by atoms with E-state index in [1.807, 2.05) is 39.0 Å². The third-order valence-electron chi connectivity index (χ3n) is 4.95. The number of carbonyl (C=O) groups excluding carboxylic acids is 1. The average molecular weight is 460 g/mol. The zero-order valence-electron chi connectivity index (χ0n) is 18.6. The molecule has 6 nitrogen and oxygen atoms in total. The number of hydrogen-bond acceptors (Lipinski definition) is 4. The van der Waals surface area contributed by atoms with E-state index in [9.17, 15) is 9.18 Å². The minimum absolute atomic E-state index is 0.234. The third kappa shape index (κ3) is 5.40. The van der Waals surface area contributed by atoms with E-state index in [2.05, 4.69) is 10.4 Å². The summed E-state index contributed by atoms with van der Waals surface area (Å²) >= 11 is 6.49. The molecule has 1 amide bonds. The van der Waals surface area contributed by atoms with E-state index < -0.39 is 0 Å². The number of hydrogen-bond donors (Lipinski definition) is 1. The van der Waals surface area contributed by atoms with Crippen LogP contribution >= 0.6 is 11.6 Å². The lowest BCUT2D eigenvalue weighted by molar-refractivity contribution is 0.0939. The maximum atomic E-state index is 13.2. The van der Waals surface area contributed by atoms with E-state index in [0.717, 1.165) is 11.1 Å². The monoisotopic (exact) mass is 459 g/mol.